The molecule has 0 radical (unpaired) electrons. The van der Waals surface area contributed by atoms with Gasteiger partial charge in [0.1, 0.15) is 5.82 Å². The number of nitrogens with two attached hydrogens (primary N) is 1. The molecule has 1 fully saturated rings. The molecular formula is C12H18BrN5O. The summed E-state index contributed by atoms with van der Waals surface area (Å²) in [7, 11) is 0. The summed E-state index contributed by atoms with van der Waals surface area (Å²) in [4.78, 5) is 8.88. The van der Waals surface area contributed by atoms with E-state index in [4.69, 9.17) is 10.9 Å². The Hall–Kier alpha value is -1.34. The number of aryl methyl sites for hydroxylation is 1. The number of amidine groups is 1. The molecular weight excluding hydrogens is 310 g/mol. The van der Waals surface area contributed by atoms with Gasteiger partial charge in [-0.15, -0.1) is 0 Å². The van der Waals surface area contributed by atoms with Crippen LogP contribution in [0.5, 0.6) is 0 Å². The Morgan fingerprint density at radius 1 is 1.47 bits per heavy atom. The SMILES string of the molecule is Cc1cnc(N2CCN(CC(N)=NO)CC2)c(Br)c1. The first-order chi connectivity index (χ1) is 9.10. The predicted molar refractivity (Wildman–Crippen MR) is 78.7 cm³/mol. The molecule has 1 aliphatic rings. The van der Waals surface area contributed by atoms with Crippen molar-refractivity contribution in [2.24, 2.45) is 10.9 Å². The molecule has 1 aromatic heterocycles. The van der Waals surface area contributed by atoms with E-state index in [1.165, 1.54) is 0 Å². The first-order valence-corrected chi connectivity index (χ1v) is 6.95. The summed E-state index contributed by atoms with van der Waals surface area (Å²) in [6.45, 7) is 6.04. The van der Waals surface area contributed by atoms with Gasteiger partial charge >= 0.3 is 0 Å². The Bertz CT molecular complexity index is 471. The summed E-state index contributed by atoms with van der Waals surface area (Å²) in [5.41, 5.74) is 6.66. The quantitative estimate of drug-likeness (QED) is 0.375. The molecule has 7 heteroatoms. The second kappa shape index (κ2) is 6.21. The van der Waals surface area contributed by atoms with Gasteiger partial charge in [0.15, 0.2) is 5.84 Å². The molecule has 0 saturated carbocycles. The van der Waals surface area contributed by atoms with Gasteiger partial charge in [-0.2, -0.15) is 0 Å². The fourth-order valence-electron chi connectivity index (χ4n) is 2.14. The third kappa shape index (κ3) is 3.57. The van der Waals surface area contributed by atoms with E-state index < -0.39 is 0 Å². The lowest BCUT2D eigenvalue weighted by atomic mass is 10.2. The molecule has 0 spiro atoms. The summed E-state index contributed by atoms with van der Waals surface area (Å²) in [5.74, 6) is 1.23. The number of nitrogens with zero attached hydrogens (tertiary/aromatic N) is 4. The Morgan fingerprint density at radius 3 is 2.74 bits per heavy atom. The van der Waals surface area contributed by atoms with Crippen molar-refractivity contribution in [2.75, 3.05) is 37.6 Å². The number of piperazine rings is 1. The number of aromatic nitrogens is 1. The maximum Gasteiger partial charge on any atom is 0.153 e. The molecule has 1 aromatic rings. The van der Waals surface area contributed by atoms with E-state index in [1.54, 1.807) is 0 Å². The first kappa shape index (κ1) is 14.1. The molecule has 2 heterocycles. The molecule has 1 saturated heterocycles. The molecule has 0 unspecified atom stereocenters. The molecule has 3 N–H and O–H groups in total. The van der Waals surface area contributed by atoms with Crippen LogP contribution >= 0.6 is 15.9 Å². The van der Waals surface area contributed by atoms with Gasteiger partial charge < -0.3 is 15.8 Å². The minimum Gasteiger partial charge on any atom is -0.409 e. The Labute approximate surface area is 121 Å². The predicted octanol–water partition coefficient (Wildman–Crippen LogP) is 1.02. The highest BCUT2D eigenvalue weighted by Crippen LogP contribution is 2.25. The third-order valence-corrected chi connectivity index (χ3v) is 3.73. The first-order valence-electron chi connectivity index (χ1n) is 6.16. The van der Waals surface area contributed by atoms with E-state index in [2.05, 4.69) is 41.9 Å². The smallest absolute Gasteiger partial charge is 0.153 e. The van der Waals surface area contributed by atoms with Crippen molar-refractivity contribution >= 4 is 27.6 Å². The molecule has 0 amide bonds. The summed E-state index contributed by atoms with van der Waals surface area (Å²) < 4.78 is 1.03. The number of pyridine rings is 1. The number of halogens is 1. The monoisotopic (exact) mass is 327 g/mol. The van der Waals surface area contributed by atoms with Gasteiger partial charge in [-0.05, 0) is 34.5 Å². The van der Waals surface area contributed by atoms with E-state index in [0.29, 0.717) is 6.54 Å². The minimum absolute atomic E-state index is 0.253. The van der Waals surface area contributed by atoms with Crippen molar-refractivity contribution < 1.29 is 5.21 Å². The van der Waals surface area contributed by atoms with Gasteiger partial charge in [0.05, 0.1) is 11.0 Å². The fraction of sp³-hybridized carbons (Fsp3) is 0.500. The van der Waals surface area contributed by atoms with Crippen LogP contribution in [0.4, 0.5) is 5.82 Å². The molecule has 6 nitrogen and oxygen atoms in total. The number of hydrogen-bond donors (Lipinski definition) is 2. The van der Waals surface area contributed by atoms with E-state index >= 15 is 0 Å². The van der Waals surface area contributed by atoms with E-state index in [9.17, 15) is 0 Å². The van der Waals surface area contributed by atoms with E-state index in [0.717, 1.165) is 42.0 Å². The molecule has 0 bridgehead atoms. The van der Waals surface area contributed by atoms with Gasteiger partial charge in [-0.1, -0.05) is 5.16 Å². The van der Waals surface area contributed by atoms with E-state index in [-0.39, 0.29) is 5.84 Å². The van der Waals surface area contributed by atoms with Crippen LogP contribution < -0.4 is 10.6 Å². The highest BCUT2D eigenvalue weighted by molar-refractivity contribution is 9.10. The van der Waals surface area contributed by atoms with Crippen LogP contribution in [0, 0.1) is 6.92 Å². The van der Waals surface area contributed by atoms with E-state index in [1.807, 2.05) is 13.1 Å². The maximum atomic E-state index is 8.57. The zero-order valence-corrected chi connectivity index (χ0v) is 12.5. The molecule has 0 aliphatic carbocycles. The zero-order chi connectivity index (χ0) is 13.8. The van der Waals surface area contributed by atoms with Gasteiger partial charge in [-0.3, -0.25) is 4.90 Å². The molecule has 2 rings (SSSR count). The topological polar surface area (TPSA) is 78.0 Å². The molecule has 1 aliphatic heterocycles. The van der Waals surface area contributed by atoms with Crippen molar-refractivity contribution in [3.8, 4) is 0 Å². The second-order valence-corrected chi connectivity index (χ2v) is 5.53. The standard InChI is InChI=1S/C12H18BrN5O/c1-9-6-10(13)12(15-7-9)18-4-2-17(3-5-18)8-11(14)16-19/h6-7,19H,2-5,8H2,1H3,(H2,14,16). The van der Waals surface area contributed by atoms with Crippen LogP contribution in [-0.2, 0) is 0 Å². The molecule has 19 heavy (non-hydrogen) atoms. The lowest BCUT2D eigenvalue weighted by Crippen LogP contribution is -2.49. The van der Waals surface area contributed by atoms with Crippen LogP contribution in [0.25, 0.3) is 0 Å². The molecule has 0 atom stereocenters. The fourth-order valence-corrected chi connectivity index (χ4v) is 2.85. The Balaban J connectivity index is 1.96. The second-order valence-electron chi connectivity index (χ2n) is 4.67. The zero-order valence-electron chi connectivity index (χ0n) is 10.9. The number of anilines is 1. The largest absolute Gasteiger partial charge is 0.409 e. The summed E-state index contributed by atoms with van der Waals surface area (Å²) in [6.07, 6.45) is 1.88. The highest BCUT2D eigenvalue weighted by Gasteiger charge is 2.20. The number of oxime groups is 1. The van der Waals surface area contributed by atoms with Crippen molar-refractivity contribution in [1.29, 1.82) is 0 Å². The maximum absolute atomic E-state index is 8.57. The lowest BCUT2D eigenvalue weighted by molar-refractivity contribution is 0.278. The highest BCUT2D eigenvalue weighted by atomic mass is 79.9. The van der Waals surface area contributed by atoms with Crippen LogP contribution in [0.2, 0.25) is 0 Å². The van der Waals surface area contributed by atoms with Crippen LogP contribution in [0.1, 0.15) is 5.56 Å². The van der Waals surface area contributed by atoms with Crippen LogP contribution in [-0.4, -0.2) is 53.7 Å². The average molecular weight is 328 g/mol. The molecule has 104 valence electrons. The van der Waals surface area contributed by atoms with Crippen molar-refractivity contribution in [2.45, 2.75) is 6.92 Å². The average Bonchev–Trinajstić information content (AvgIpc) is 2.40. The van der Waals surface area contributed by atoms with Crippen molar-refractivity contribution in [3.05, 3.63) is 22.3 Å². The molecule has 0 aromatic carbocycles. The van der Waals surface area contributed by atoms with Gasteiger partial charge in [0.25, 0.3) is 0 Å². The summed E-state index contributed by atoms with van der Waals surface area (Å²) in [5, 5.41) is 11.6. The van der Waals surface area contributed by atoms with Gasteiger partial charge in [-0.25, -0.2) is 4.98 Å². The number of hydrogen-bond acceptors (Lipinski definition) is 5. The lowest BCUT2D eigenvalue weighted by Gasteiger charge is -2.35. The number of rotatable bonds is 3. The summed E-state index contributed by atoms with van der Waals surface area (Å²) >= 11 is 3.56. The Kier molecular flexibility index (Phi) is 4.60. The van der Waals surface area contributed by atoms with Gasteiger partial charge in [0.2, 0.25) is 0 Å². The summed E-state index contributed by atoms with van der Waals surface area (Å²) in [6, 6.07) is 2.07. The van der Waals surface area contributed by atoms with Gasteiger partial charge in [0, 0.05) is 32.4 Å². The minimum atomic E-state index is 0.253. The Morgan fingerprint density at radius 2 is 2.16 bits per heavy atom. The van der Waals surface area contributed by atoms with Crippen LogP contribution in [0.3, 0.4) is 0 Å². The van der Waals surface area contributed by atoms with Crippen LogP contribution in [0.15, 0.2) is 21.9 Å². The third-order valence-electron chi connectivity index (χ3n) is 3.14. The van der Waals surface area contributed by atoms with Crippen molar-refractivity contribution in [1.82, 2.24) is 9.88 Å². The van der Waals surface area contributed by atoms with Crippen molar-refractivity contribution in [3.63, 3.8) is 0 Å². The normalized spacial score (nSPS) is 17.8.